The van der Waals surface area contributed by atoms with Crippen molar-refractivity contribution in [3.63, 3.8) is 0 Å². The highest BCUT2D eigenvalue weighted by Gasteiger charge is 2.12. The molecule has 102 valence electrons. The number of aliphatic hydroxyl groups excluding tert-OH is 1. The summed E-state index contributed by atoms with van der Waals surface area (Å²) in [4.78, 5) is 0. The molecule has 0 bridgehead atoms. The maximum atomic E-state index is 13.7. The molecule has 0 fully saturated rings. The van der Waals surface area contributed by atoms with Crippen molar-refractivity contribution in [2.45, 2.75) is 25.4 Å². The Bertz CT molecular complexity index is 556. The summed E-state index contributed by atoms with van der Waals surface area (Å²) in [6.07, 6.45) is 2.66. The van der Waals surface area contributed by atoms with Crippen molar-refractivity contribution in [3.05, 3.63) is 52.6 Å². The number of nitrogens with zero attached hydrogens (tertiary/aromatic N) is 2. The molecule has 1 heterocycles. The van der Waals surface area contributed by atoms with E-state index in [0.29, 0.717) is 18.4 Å². The lowest BCUT2D eigenvalue weighted by molar-refractivity contribution is 0.163. The third-order valence-corrected chi connectivity index (χ3v) is 3.44. The van der Waals surface area contributed by atoms with Gasteiger partial charge >= 0.3 is 0 Å². The summed E-state index contributed by atoms with van der Waals surface area (Å²) < 4.78 is 15.5. The van der Waals surface area contributed by atoms with E-state index < -0.39 is 11.9 Å². The number of hydrogen-bond donors (Lipinski definition) is 1. The monoisotopic (exact) mass is 282 g/mol. The van der Waals surface area contributed by atoms with Gasteiger partial charge in [-0.2, -0.15) is 5.10 Å². The third-order valence-electron chi connectivity index (χ3n) is 3.14. The Morgan fingerprint density at radius 1 is 1.42 bits per heavy atom. The van der Waals surface area contributed by atoms with Gasteiger partial charge < -0.3 is 5.11 Å². The molecule has 1 aromatic heterocycles. The first-order valence-corrected chi connectivity index (χ1v) is 6.53. The zero-order valence-electron chi connectivity index (χ0n) is 10.7. The van der Waals surface area contributed by atoms with E-state index in [1.807, 2.05) is 13.1 Å². The topological polar surface area (TPSA) is 38.0 Å². The van der Waals surface area contributed by atoms with Gasteiger partial charge in [0.05, 0.1) is 11.1 Å². The number of halogens is 2. The highest BCUT2D eigenvalue weighted by Crippen LogP contribution is 2.20. The SMILES string of the molecule is Cn1nccc1CCC(O)Cc1cccc(Cl)c1F. The minimum absolute atomic E-state index is 0.0938. The summed E-state index contributed by atoms with van der Waals surface area (Å²) >= 11 is 5.71. The van der Waals surface area contributed by atoms with Crippen LogP contribution in [0.2, 0.25) is 5.02 Å². The predicted octanol–water partition coefficient (Wildman–Crippen LogP) is 2.75. The average molecular weight is 283 g/mol. The van der Waals surface area contributed by atoms with Gasteiger partial charge in [0, 0.05) is 25.4 Å². The van der Waals surface area contributed by atoms with Gasteiger partial charge in [-0.25, -0.2) is 4.39 Å². The van der Waals surface area contributed by atoms with E-state index in [9.17, 15) is 9.50 Å². The fourth-order valence-electron chi connectivity index (χ4n) is 2.02. The normalized spacial score (nSPS) is 12.6. The Kier molecular flexibility index (Phi) is 4.56. The number of aryl methyl sites for hydroxylation is 2. The molecule has 2 aromatic rings. The predicted molar refractivity (Wildman–Crippen MR) is 72.6 cm³/mol. The van der Waals surface area contributed by atoms with Crippen LogP contribution in [0.5, 0.6) is 0 Å². The smallest absolute Gasteiger partial charge is 0.145 e. The second-order valence-corrected chi connectivity index (χ2v) is 4.96. The second kappa shape index (κ2) is 6.17. The summed E-state index contributed by atoms with van der Waals surface area (Å²) in [6.45, 7) is 0. The van der Waals surface area contributed by atoms with Crippen molar-refractivity contribution in [3.8, 4) is 0 Å². The first kappa shape index (κ1) is 14.0. The van der Waals surface area contributed by atoms with Crippen molar-refractivity contribution in [2.75, 3.05) is 0 Å². The van der Waals surface area contributed by atoms with Crippen LogP contribution in [0.15, 0.2) is 30.5 Å². The summed E-state index contributed by atoms with van der Waals surface area (Å²) in [5, 5.41) is 14.1. The third kappa shape index (κ3) is 3.55. The van der Waals surface area contributed by atoms with E-state index in [1.165, 1.54) is 6.07 Å². The van der Waals surface area contributed by atoms with Gasteiger partial charge in [-0.05, 0) is 30.5 Å². The van der Waals surface area contributed by atoms with Gasteiger partial charge in [0.25, 0.3) is 0 Å². The standard InChI is InChI=1S/C14H16ClFN2O/c1-18-11(7-8-17-18)5-6-12(19)9-10-3-2-4-13(15)14(10)16/h2-4,7-8,12,19H,5-6,9H2,1H3. The highest BCUT2D eigenvalue weighted by molar-refractivity contribution is 6.30. The minimum atomic E-state index is -0.595. The van der Waals surface area contributed by atoms with E-state index in [4.69, 9.17) is 11.6 Å². The van der Waals surface area contributed by atoms with Gasteiger partial charge in [0.15, 0.2) is 0 Å². The summed E-state index contributed by atoms with van der Waals surface area (Å²) in [5.41, 5.74) is 1.50. The molecular weight excluding hydrogens is 267 g/mol. The molecule has 0 spiro atoms. The lowest BCUT2D eigenvalue weighted by Gasteiger charge is -2.11. The quantitative estimate of drug-likeness (QED) is 0.916. The number of rotatable bonds is 5. The molecule has 1 atom stereocenters. The van der Waals surface area contributed by atoms with Gasteiger partial charge in [-0.1, -0.05) is 23.7 Å². The lowest BCUT2D eigenvalue weighted by Crippen LogP contribution is -2.13. The Morgan fingerprint density at radius 3 is 2.89 bits per heavy atom. The Labute approximate surface area is 116 Å². The molecule has 2 rings (SSSR count). The van der Waals surface area contributed by atoms with Crippen LogP contribution >= 0.6 is 11.6 Å². The van der Waals surface area contributed by atoms with Crippen LogP contribution in [0.25, 0.3) is 0 Å². The molecule has 1 unspecified atom stereocenters. The van der Waals surface area contributed by atoms with Crippen molar-refractivity contribution in [2.24, 2.45) is 7.05 Å². The molecule has 0 saturated carbocycles. The molecule has 0 aliphatic carbocycles. The van der Waals surface area contributed by atoms with Crippen molar-refractivity contribution < 1.29 is 9.50 Å². The van der Waals surface area contributed by atoms with E-state index in [1.54, 1.807) is 23.0 Å². The maximum Gasteiger partial charge on any atom is 0.145 e. The largest absolute Gasteiger partial charge is 0.393 e. The first-order chi connectivity index (χ1) is 9.08. The van der Waals surface area contributed by atoms with Crippen LogP contribution in [-0.4, -0.2) is 21.0 Å². The first-order valence-electron chi connectivity index (χ1n) is 6.15. The molecule has 0 aliphatic rings. The Hall–Kier alpha value is -1.39. The molecule has 1 aromatic carbocycles. The van der Waals surface area contributed by atoms with Crippen molar-refractivity contribution in [1.29, 1.82) is 0 Å². The fraction of sp³-hybridized carbons (Fsp3) is 0.357. The molecular formula is C14H16ClFN2O. The maximum absolute atomic E-state index is 13.7. The molecule has 19 heavy (non-hydrogen) atoms. The van der Waals surface area contributed by atoms with Crippen molar-refractivity contribution >= 4 is 11.6 Å². The Morgan fingerprint density at radius 2 is 2.21 bits per heavy atom. The molecule has 0 amide bonds. The number of aromatic nitrogens is 2. The molecule has 0 radical (unpaired) electrons. The minimum Gasteiger partial charge on any atom is -0.393 e. The molecule has 0 saturated heterocycles. The summed E-state index contributed by atoms with van der Waals surface area (Å²) in [5.74, 6) is -0.441. The molecule has 5 heteroatoms. The van der Waals surface area contributed by atoms with Crippen LogP contribution in [0, 0.1) is 5.82 Å². The molecule has 1 N–H and O–H groups in total. The molecule has 0 aliphatic heterocycles. The number of hydrogen-bond acceptors (Lipinski definition) is 2. The van der Waals surface area contributed by atoms with E-state index in [-0.39, 0.29) is 11.4 Å². The zero-order chi connectivity index (χ0) is 13.8. The number of aliphatic hydroxyl groups is 1. The molecule has 3 nitrogen and oxygen atoms in total. The number of benzene rings is 1. The van der Waals surface area contributed by atoms with Crippen LogP contribution in [-0.2, 0) is 19.9 Å². The highest BCUT2D eigenvalue weighted by atomic mass is 35.5. The van der Waals surface area contributed by atoms with Gasteiger partial charge in [0.2, 0.25) is 0 Å². The van der Waals surface area contributed by atoms with Gasteiger partial charge in [-0.15, -0.1) is 0 Å². The van der Waals surface area contributed by atoms with Crippen LogP contribution in [0.3, 0.4) is 0 Å². The van der Waals surface area contributed by atoms with E-state index in [2.05, 4.69) is 5.10 Å². The van der Waals surface area contributed by atoms with Gasteiger partial charge in [0.1, 0.15) is 5.82 Å². The summed E-state index contributed by atoms with van der Waals surface area (Å²) in [6, 6.07) is 6.75. The van der Waals surface area contributed by atoms with Gasteiger partial charge in [-0.3, -0.25) is 4.68 Å². The fourth-order valence-corrected chi connectivity index (χ4v) is 2.22. The second-order valence-electron chi connectivity index (χ2n) is 4.56. The van der Waals surface area contributed by atoms with Crippen LogP contribution in [0.1, 0.15) is 17.7 Å². The summed E-state index contributed by atoms with van der Waals surface area (Å²) in [7, 11) is 1.86. The Balaban J connectivity index is 1.92. The van der Waals surface area contributed by atoms with Crippen LogP contribution in [0.4, 0.5) is 4.39 Å². The van der Waals surface area contributed by atoms with Crippen LogP contribution < -0.4 is 0 Å². The average Bonchev–Trinajstić information content (AvgIpc) is 2.78. The zero-order valence-corrected chi connectivity index (χ0v) is 11.4. The van der Waals surface area contributed by atoms with Crippen molar-refractivity contribution in [1.82, 2.24) is 9.78 Å². The van der Waals surface area contributed by atoms with E-state index in [0.717, 1.165) is 5.69 Å². The lowest BCUT2D eigenvalue weighted by atomic mass is 10.0. The van der Waals surface area contributed by atoms with E-state index >= 15 is 0 Å².